The molecule has 0 bridgehead atoms. The van der Waals surface area contributed by atoms with Crippen molar-refractivity contribution in [3.63, 3.8) is 0 Å². The number of benzene rings is 1. The Kier molecular flexibility index (Phi) is 2.75. The van der Waals surface area contributed by atoms with Crippen LogP contribution in [0.15, 0.2) is 24.4 Å². The molecule has 1 aromatic heterocycles. The summed E-state index contributed by atoms with van der Waals surface area (Å²) in [6.45, 7) is 0. The molecule has 0 unspecified atom stereocenters. The van der Waals surface area contributed by atoms with Crippen LogP contribution in [0.3, 0.4) is 0 Å². The highest BCUT2D eigenvalue weighted by atomic mass is 35.5. The molecule has 2 rings (SSSR count). The largest absolute Gasteiger partial charge is 0.350 e. The molecule has 0 amide bonds. The molecule has 0 saturated heterocycles. The van der Waals surface area contributed by atoms with E-state index in [1.807, 2.05) is 19.2 Å². The van der Waals surface area contributed by atoms with Crippen molar-refractivity contribution in [1.82, 2.24) is 4.57 Å². The smallest absolute Gasteiger partial charge is 0.0495 e. The van der Waals surface area contributed by atoms with E-state index in [1.165, 1.54) is 16.5 Å². The molecule has 0 spiro atoms. The summed E-state index contributed by atoms with van der Waals surface area (Å²) in [5.74, 6) is 0.877. The fourth-order valence-corrected chi connectivity index (χ4v) is 2.17. The van der Waals surface area contributed by atoms with Crippen molar-refractivity contribution < 1.29 is 0 Å². The summed E-state index contributed by atoms with van der Waals surface area (Å²) >= 11 is 10.2. The van der Waals surface area contributed by atoms with Crippen molar-refractivity contribution in [2.75, 3.05) is 5.75 Å². The molecule has 1 heterocycles. The molecule has 0 atom stereocenters. The topological polar surface area (TPSA) is 4.93 Å². The Hall–Kier alpha value is -0.600. The molecule has 14 heavy (non-hydrogen) atoms. The maximum atomic E-state index is 5.95. The highest BCUT2D eigenvalue weighted by molar-refractivity contribution is 7.80. The van der Waals surface area contributed by atoms with Crippen LogP contribution in [0.1, 0.15) is 5.56 Å². The molecule has 3 heteroatoms. The van der Waals surface area contributed by atoms with Crippen LogP contribution < -0.4 is 0 Å². The molecule has 74 valence electrons. The standard InChI is InChI=1S/C11H12ClNS/c1-13-7-8(4-5-14)10-3-2-9(12)6-11(10)13/h2-3,6-7,14H,4-5H2,1H3. The van der Waals surface area contributed by atoms with Gasteiger partial charge in [0.15, 0.2) is 0 Å². The number of halogens is 1. The minimum absolute atomic E-state index is 0.788. The number of fused-ring (bicyclic) bond motifs is 1. The van der Waals surface area contributed by atoms with E-state index < -0.39 is 0 Å². The van der Waals surface area contributed by atoms with Crippen LogP contribution in [0.4, 0.5) is 0 Å². The average molecular weight is 226 g/mol. The van der Waals surface area contributed by atoms with Gasteiger partial charge in [0.25, 0.3) is 0 Å². The van der Waals surface area contributed by atoms with Crippen LogP contribution >= 0.6 is 24.2 Å². The van der Waals surface area contributed by atoms with Crippen LogP contribution in [0.25, 0.3) is 10.9 Å². The second-order valence-electron chi connectivity index (χ2n) is 3.40. The van der Waals surface area contributed by atoms with Crippen LogP contribution in [0.5, 0.6) is 0 Å². The highest BCUT2D eigenvalue weighted by Crippen LogP contribution is 2.24. The van der Waals surface area contributed by atoms with Crippen molar-refractivity contribution in [3.8, 4) is 0 Å². The Morgan fingerprint density at radius 2 is 2.21 bits per heavy atom. The summed E-state index contributed by atoms with van der Waals surface area (Å²) in [4.78, 5) is 0. The molecule has 0 aliphatic heterocycles. The van der Waals surface area contributed by atoms with E-state index in [1.54, 1.807) is 0 Å². The fraction of sp³-hybridized carbons (Fsp3) is 0.273. The van der Waals surface area contributed by atoms with Crippen molar-refractivity contribution in [2.45, 2.75) is 6.42 Å². The SMILES string of the molecule is Cn1cc(CCS)c2ccc(Cl)cc21. The van der Waals surface area contributed by atoms with Gasteiger partial charge < -0.3 is 4.57 Å². The van der Waals surface area contributed by atoms with Crippen molar-refractivity contribution in [2.24, 2.45) is 7.05 Å². The van der Waals surface area contributed by atoms with Crippen LogP contribution in [0.2, 0.25) is 5.02 Å². The molecule has 1 nitrogen and oxygen atoms in total. The predicted octanol–water partition coefficient (Wildman–Crippen LogP) is 3.30. The third kappa shape index (κ3) is 1.64. The van der Waals surface area contributed by atoms with E-state index in [2.05, 4.69) is 29.5 Å². The van der Waals surface area contributed by atoms with Gasteiger partial charge in [0.2, 0.25) is 0 Å². The third-order valence-corrected chi connectivity index (χ3v) is 2.88. The van der Waals surface area contributed by atoms with E-state index >= 15 is 0 Å². The average Bonchev–Trinajstić information content (AvgIpc) is 2.44. The van der Waals surface area contributed by atoms with Crippen LogP contribution in [0, 0.1) is 0 Å². The van der Waals surface area contributed by atoms with Gasteiger partial charge in [-0.05, 0) is 29.9 Å². The van der Waals surface area contributed by atoms with E-state index in [0.717, 1.165) is 17.2 Å². The summed E-state index contributed by atoms with van der Waals surface area (Å²) in [5, 5.41) is 2.07. The Balaban J connectivity index is 2.65. The van der Waals surface area contributed by atoms with Gasteiger partial charge in [-0.1, -0.05) is 17.7 Å². The zero-order valence-electron chi connectivity index (χ0n) is 8.00. The maximum Gasteiger partial charge on any atom is 0.0495 e. The van der Waals surface area contributed by atoms with Gasteiger partial charge in [0.05, 0.1) is 0 Å². The van der Waals surface area contributed by atoms with E-state index in [9.17, 15) is 0 Å². The van der Waals surface area contributed by atoms with Gasteiger partial charge in [-0.3, -0.25) is 0 Å². The summed E-state index contributed by atoms with van der Waals surface area (Å²) in [6.07, 6.45) is 3.15. The first kappa shape index (κ1) is 9.94. The number of aryl methyl sites for hydroxylation is 2. The molecule has 2 aromatic rings. The summed E-state index contributed by atoms with van der Waals surface area (Å²) in [6, 6.07) is 6.02. The third-order valence-electron chi connectivity index (χ3n) is 2.42. The molecule has 0 saturated carbocycles. The van der Waals surface area contributed by atoms with E-state index in [-0.39, 0.29) is 0 Å². The molecule has 0 radical (unpaired) electrons. The van der Waals surface area contributed by atoms with Gasteiger partial charge in [-0.25, -0.2) is 0 Å². The zero-order chi connectivity index (χ0) is 10.1. The predicted molar refractivity (Wildman–Crippen MR) is 65.5 cm³/mol. The number of rotatable bonds is 2. The normalized spacial score (nSPS) is 11.1. The lowest BCUT2D eigenvalue weighted by atomic mass is 10.1. The lowest BCUT2D eigenvalue weighted by molar-refractivity contribution is 0.956. The van der Waals surface area contributed by atoms with Crippen molar-refractivity contribution in [3.05, 3.63) is 35.0 Å². The number of hydrogen-bond acceptors (Lipinski definition) is 1. The number of hydrogen-bond donors (Lipinski definition) is 1. The molecule has 0 aliphatic rings. The fourth-order valence-electron chi connectivity index (χ4n) is 1.76. The minimum atomic E-state index is 0.788. The quantitative estimate of drug-likeness (QED) is 0.749. The monoisotopic (exact) mass is 225 g/mol. The molecule has 0 fully saturated rings. The summed E-state index contributed by atoms with van der Waals surface area (Å²) in [5.41, 5.74) is 2.53. The van der Waals surface area contributed by atoms with Crippen molar-refractivity contribution >= 4 is 35.1 Å². The first-order valence-electron chi connectivity index (χ1n) is 4.56. The Labute approximate surface area is 94.1 Å². The van der Waals surface area contributed by atoms with Crippen molar-refractivity contribution in [1.29, 1.82) is 0 Å². The molecule has 0 N–H and O–H groups in total. The Bertz CT molecular complexity index is 462. The number of aromatic nitrogens is 1. The minimum Gasteiger partial charge on any atom is -0.350 e. The van der Waals surface area contributed by atoms with Gasteiger partial charge in [0.1, 0.15) is 0 Å². The van der Waals surface area contributed by atoms with Crippen LogP contribution in [-0.2, 0) is 13.5 Å². The maximum absolute atomic E-state index is 5.95. The van der Waals surface area contributed by atoms with E-state index in [4.69, 9.17) is 11.6 Å². The Morgan fingerprint density at radius 3 is 2.93 bits per heavy atom. The second kappa shape index (κ2) is 3.87. The van der Waals surface area contributed by atoms with Gasteiger partial charge in [0, 0.05) is 29.2 Å². The lowest BCUT2D eigenvalue weighted by Crippen LogP contribution is -1.83. The number of thiol groups is 1. The first-order chi connectivity index (χ1) is 6.72. The highest BCUT2D eigenvalue weighted by Gasteiger charge is 2.05. The lowest BCUT2D eigenvalue weighted by Gasteiger charge is -1.96. The summed E-state index contributed by atoms with van der Waals surface area (Å²) < 4.78 is 2.11. The van der Waals surface area contributed by atoms with Gasteiger partial charge in [-0.2, -0.15) is 12.6 Å². The molecule has 1 aromatic carbocycles. The van der Waals surface area contributed by atoms with Crippen LogP contribution in [-0.4, -0.2) is 10.3 Å². The van der Waals surface area contributed by atoms with Gasteiger partial charge >= 0.3 is 0 Å². The summed E-state index contributed by atoms with van der Waals surface area (Å²) in [7, 11) is 2.04. The first-order valence-corrected chi connectivity index (χ1v) is 5.57. The number of nitrogens with zero attached hydrogens (tertiary/aromatic N) is 1. The van der Waals surface area contributed by atoms with E-state index in [0.29, 0.717) is 0 Å². The molecular weight excluding hydrogens is 214 g/mol. The zero-order valence-corrected chi connectivity index (χ0v) is 9.65. The second-order valence-corrected chi connectivity index (χ2v) is 4.28. The Morgan fingerprint density at radius 1 is 1.43 bits per heavy atom. The van der Waals surface area contributed by atoms with Gasteiger partial charge in [-0.15, -0.1) is 0 Å². The molecular formula is C11H12ClNS. The molecule has 0 aliphatic carbocycles.